The molecule has 102 valence electrons. The van der Waals surface area contributed by atoms with E-state index >= 15 is 0 Å². The second kappa shape index (κ2) is 6.00. The predicted octanol–water partition coefficient (Wildman–Crippen LogP) is 2.43. The van der Waals surface area contributed by atoms with Crippen molar-refractivity contribution >= 4 is 13.1 Å². The van der Waals surface area contributed by atoms with E-state index in [0.717, 1.165) is 27.4 Å². The third-order valence-corrected chi connectivity index (χ3v) is 3.05. The van der Waals surface area contributed by atoms with Crippen molar-refractivity contribution < 1.29 is 13.6 Å². The number of nitrogens with zero attached hydrogens (tertiary/aromatic N) is 1. The lowest BCUT2D eigenvalue weighted by atomic mass is 9.99. The van der Waals surface area contributed by atoms with Gasteiger partial charge in [-0.25, -0.2) is 4.99 Å². The number of hydrogen-bond donors (Lipinski definition) is 1. The molecule has 1 N–H and O–H groups in total. The van der Waals surface area contributed by atoms with Gasteiger partial charge in [-0.05, 0) is 26.0 Å². The highest BCUT2D eigenvalue weighted by Crippen LogP contribution is 2.26. The predicted molar refractivity (Wildman–Crippen MR) is 76.5 cm³/mol. The Morgan fingerprint density at radius 1 is 1.37 bits per heavy atom. The molecule has 1 heterocycles. The van der Waals surface area contributed by atoms with Crippen LogP contribution in [-0.2, 0) is 0 Å². The van der Waals surface area contributed by atoms with Crippen LogP contribution in [0.15, 0.2) is 47.5 Å². The van der Waals surface area contributed by atoms with Crippen molar-refractivity contribution in [3.8, 4) is 0 Å². The summed E-state index contributed by atoms with van der Waals surface area (Å²) in [5, 5.41) is 0. The Labute approximate surface area is 114 Å². The molecule has 0 aromatic rings. The smallest absolute Gasteiger partial charge is 0.330 e. The summed E-state index contributed by atoms with van der Waals surface area (Å²) < 4.78 is 26.2. The maximum Gasteiger partial charge on any atom is 0.677 e. The molecule has 0 aromatic heterocycles. The van der Waals surface area contributed by atoms with Crippen LogP contribution in [0.25, 0.3) is 0 Å². The number of halogens is 2. The first-order chi connectivity index (χ1) is 8.79. The molecule has 0 bridgehead atoms. The summed E-state index contributed by atoms with van der Waals surface area (Å²) in [5.74, 6) is 0. The van der Waals surface area contributed by atoms with Gasteiger partial charge in [0, 0.05) is 29.8 Å². The van der Waals surface area contributed by atoms with E-state index in [0.29, 0.717) is 12.1 Å². The van der Waals surface area contributed by atoms with Crippen molar-refractivity contribution in [1.82, 2.24) is 4.81 Å². The summed E-state index contributed by atoms with van der Waals surface area (Å²) in [7, 11) is -2.64. The number of allylic oxidation sites excluding steroid dienone is 4. The first kappa shape index (κ1) is 15.4. The van der Waals surface area contributed by atoms with E-state index in [1.54, 1.807) is 6.92 Å². The zero-order valence-corrected chi connectivity index (χ0v) is 12.0. The van der Waals surface area contributed by atoms with E-state index < -0.39 is 7.40 Å². The molecule has 0 saturated carbocycles. The summed E-state index contributed by atoms with van der Waals surface area (Å²) in [4.78, 5) is 4.08. The molecule has 0 saturated heterocycles. The van der Waals surface area contributed by atoms with E-state index in [1.165, 1.54) is 0 Å². The molecular weight excluding hydrogens is 245 g/mol. The molecule has 1 aliphatic heterocycles. The molecule has 1 aliphatic rings. The van der Waals surface area contributed by atoms with E-state index in [2.05, 4.69) is 18.2 Å². The first-order valence-corrected chi connectivity index (χ1v) is 6.24. The summed E-state index contributed by atoms with van der Waals surface area (Å²) in [6.45, 7) is 14.8. The minimum atomic E-state index is -2.64. The standard InChI is InChI=1S/C14H19BF2N2/c1-7-13(14-10(4)8-11(5)18-14)12(6)19(9(2)3)15(16)17/h8H,2,6-7H2,1,3-5H3/p+1/b14-13-. The van der Waals surface area contributed by atoms with Crippen molar-refractivity contribution in [2.45, 2.75) is 34.1 Å². The summed E-state index contributed by atoms with van der Waals surface area (Å²) in [6.07, 6.45) is 2.61. The van der Waals surface area contributed by atoms with Gasteiger partial charge in [-0.1, -0.05) is 20.1 Å². The van der Waals surface area contributed by atoms with Crippen molar-refractivity contribution in [2.75, 3.05) is 0 Å². The van der Waals surface area contributed by atoms with Crippen LogP contribution < -0.4 is 4.99 Å². The van der Waals surface area contributed by atoms with Crippen LogP contribution >= 0.6 is 0 Å². The second-order valence-electron chi connectivity index (χ2n) is 4.67. The zero-order valence-electron chi connectivity index (χ0n) is 12.0. The molecule has 19 heavy (non-hydrogen) atoms. The fourth-order valence-electron chi connectivity index (χ4n) is 2.23. The highest BCUT2D eigenvalue weighted by Gasteiger charge is 2.31. The Balaban J connectivity index is 3.25. The van der Waals surface area contributed by atoms with Gasteiger partial charge in [0.05, 0.1) is 0 Å². The molecule has 0 aromatic carbocycles. The average Bonchev–Trinajstić information content (AvgIpc) is 2.58. The van der Waals surface area contributed by atoms with Gasteiger partial charge in [0.15, 0.2) is 5.71 Å². The minimum Gasteiger partial charge on any atom is -0.330 e. The van der Waals surface area contributed by atoms with Crippen LogP contribution in [0.4, 0.5) is 8.63 Å². The van der Waals surface area contributed by atoms with Crippen molar-refractivity contribution in [3.63, 3.8) is 0 Å². The topological polar surface area (TPSA) is 17.2 Å². The lowest BCUT2D eigenvalue weighted by Gasteiger charge is -2.25. The quantitative estimate of drug-likeness (QED) is 0.755. The third kappa shape index (κ3) is 3.22. The SMILES string of the molecule is C=C(C)N(B(F)F)C(=C)/C(CC)=C1\[NH+]=C(C)C=C1C. The Morgan fingerprint density at radius 3 is 2.26 bits per heavy atom. The third-order valence-electron chi connectivity index (χ3n) is 3.05. The van der Waals surface area contributed by atoms with Crippen LogP contribution in [0, 0.1) is 0 Å². The van der Waals surface area contributed by atoms with Crippen molar-refractivity contribution in [3.05, 3.63) is 47.5 Å². The number of hydrogen-bond acceptors (Lipinski definition) is 1. The van der Waals surface area contributed by atoms with Crippen LogP contribution in [0.5, 0.6) is 0 Å². The summed E-state index contributed by atoms with van der Waals surface area (Å²) in [6, 6.07) is 0. The van der Waals surface area contributed by atoms with Gasteiger partial charge in [0.2, 0.25) is 5.70 Å². The lowest BCUT2D eigenvalue weighted by molar-refractivity contribution is -0.389. The van der Waals surface area contributed by atoms with Crippen LogP contribution in [0.3, 0.4) is 0 Å². The Morgan fingerprint density at radius 2 is 1.95 bits per heavy atom. The maximum atomic E-state index is 13.1. The highest BCUT2D eigenvalue weighted by atomic mass is 19.2. The molecule has 2 nitrogen and oxygen atoms in total. The summed E-state index contributed by atoms with van der Waals surface area (Å²) >= 11 is 0. The molecular formula is C14H20BF2N2+. The van der Waals surface area contributed by atoms with Gasteiger partial charge in [-0.15, -0.1) is 0 Å². The van der Waals surface area contributed by atoms with E-state index in [9.17, 15) is 8.63 Å². The van der Waals surface area contributed by atoms with Gasteiger partial charge in [0.1, 0.15) is 0 Å². The van der Waals surface area contributed by atoms with Gasteiger partial charge in [-0.3, -0.25) is 8.63 Å². The second-order valence-corrected chi connectivity index (χ2v) is 4.67. The molecule has 0 spiro atoms. The van der Waals surface area contributed by atoms with E-state index in [4.69, 9.17) is 0 Å². The molecule has 0 fully saturated rings. The molecule has 1 rings (SSSR count). The van der Waals surface area contributed by atoms with Crippen molar-refractivity contribution in [2.24, 2.45) is 0 Å². The molecule has 0 atom stereocenters. The van der Waals surface area contributed by atoms with Gasteiger partial charge < -0.3 is 4.81 Å². The first-order valence-electron chi connectivity index (χ1n) is 6.24. The Hall–Kier alpha value is -1.65. The van der Waals surface area contributed by atoms with Gasteiger partial charge >= 0.3 is 7.40 Å². The van der Waals surface area contributed by atoms with E-state index in [-0.39, 0.29) is 5.70 Å². The molecule has 5 heteroatoms. The van der Waals surface area contributed by atoms with Gasteiger partial charge in [-0.2, -0.15) is 0 Å². The van der Waals surface area contributed by atoms with Crippen LogP contribution in [0.1, 0.15) is 34.1 Å². The molecule has 0 unspecified atom stereocenters. The normalized spacial score (nSPS) is 16.7. The molecule has 0 aliphatic carbocycles. The van der Waals surface area contributed by atoms with Crippen molar-refractivity contribution in [1.29, 1.82) is 0 Å². The minimum absolute atomic E-state index is 0.284. The maximum absolute atomic E-state index is 13.1. The molecule has 0 amide bonds. The fourth-order valence-corrected chi connectivity index (χ4v) is 2.23. The monoisotopic (exact) mass is 265 g/mol. The Bertz CT molecular complexity index is 502. The van der Waals surface area contributed by atoms with Crippen LogP contribution in [0.2, 0.25) is 0 Å². The van der Waals surface area contributed by atoms with Gasteiger partial charge in [0.25, 0.3) is 0 Å². The number of rotatable bonds is 5. The highest BCUT2D eigenvalue weighted by molar-refractivity contribution is 6.40. The fraction of sp³-hybridized carbons (Fsp3) is 0.357. The van der Waals surface area contributed by atoms with E-state index in [1.807, 2.05) is 26.8 Å². The largest absolute Gasteiger partial charge is 0.677 e. The zero-order chi connectivity index (χ0) is 14.7. The summed E-state index contributed by atoms with van der Waals surface area (Å²) in [5.41, 5.74) is 4.28. The number of nitrogens with one attached hydrogen (secondary N) is 1. The lowest BCUT2D eigenvalue weighted by Crippen LogP contribution is -2.68. The van der Waals surface area contributed by atoms with Crippen LogP contribution in [-0.4, -0.2) is 17.9 Å². The average molecular weight is 265 g/mol. The Kier molecular flexibility index (Phi) is 4.87. The molecule has 0 radical (unpaired) electrons.